The molecular weight excluding hydrogens is 302 g/mol. The van der Waals surface area contributed by atoms with E-state index in [0.29, 0.717) is 5.02 Å². The van der Waals surface area contributed by atoms with Crippen LogP contribution in [0, 0.1) is 0 Å². The Kier molecular flexibility index (Phi) is 5.97. The number of hydrogen-bond acceptors (Lipinski definition) is 3. The van der Waals surface area contributed by atoms with E-state index in [2.05, 4.69) is 13.2 Å². The van der Waals surface area contributed by atoms with Gasteiger partial charge in [0.25, 0.3) is 0 Å². The number of benzene rings is 2. The lowest BCUT2D eigenvalue weighted by molar-refractivity contribution is 0.482. The second-order valence-electron chi connectivity index (χ2n) is 4.90. The molecule has 112 valence electrons. The fourth-order valence-corrected chi connectivity index (χ4v) is 2.62. The SMILES string of the molecule is CCC(N)Cc1ccc(Oc2ccc(SC)cc2)cc1Cl. The van der Waals surface area contributed by atoms with E-state index in [4.69, 9.17) is 22.1 Å². The maximum absolute atomic E-state index is 6.31. The van der Waals surface area contributed by atoms with Gasteiger partial charge in [0.05, 0.1) is 0 Å². The molecule has 21 heavy (non-hydrogen) atoms. The first-order valence-corrected chi connectivity index (χ1v) is 8.58. The first-order valence-electron chi connectivity index (χ1n) is 6.98. The Balaban J connectivity index is 2.08. The highest BCUT2D eigenvalue weighted by Crippen LogP contribution is 2.28. The molecule has 2 nitrogen and oxygen atoms in total. The fourth-order valence-electron chi connectivity index (χ4n) is 1.96. The highest BCUT2D eigenvalue weighted by Gasteiger charge is 2.07. The standard InChI is InChI=1S/C17H20ClNOS/c1-3-13(19)10-12-4-5-15(11-17(12)18)20-14-6-8-16(21-2)9-7-14/h4-9,11,13H,3,10,19H2,1-2H3. The first-order chi connectivity index (χ1) is 10.1. The molecule has 0 aromatic heterocycles. The maximum atomic E-state index is 6.31. The predicted octanol–water partition coefficient (Wildman–Crippen LogP) is 5.13. The van der Waals surface area contributed by atoms with Crippen LogP contribution < -0.4 is 10.5 Å². The average Bonchev–Trinajstić information content (AvgIpc) is 2.50. The maximum Gasteiger partial charge on any atom is 0.128 e. The summed E-state index contributed by atoms with van der Waals surface area (Å²) in [7, 11) is 0. The minimum atomic E-state index is 0.147. The van der Waals surface area contributed by atoms with Crippen molar-refractivity contribution in [3.05, 3.63) is 53.1 Å². The zero-order chi connectivity index (χ0) is 15.2. The van der Waals surface area contributed by atoms with Gasteiger partial charge in [0.1, 0.15) is 11.5 Å². The molecule has 0 aliphatic carbocycles. The molecule has 0 fully saturated rings. The molecule has 0 saturated heterocycles. The summed E-state index contributed by atoms with van der Waals surface area (Å²) in [6.45, 7) is 2.08. The van der Waals surface area contributed by atoms with E-state index in [1.807, 2.05) is 42.5 Å². The van der Waals surface area contributed by atoms with Crippen LogP contribution in [0.1, 0.15) is 18.9 Å². The summed E-state index contributed by atoms with van der Waals surface area (Å²) >= 11 is 8.01. The van der Waals surface area contributed by atoms with Crippen LogP contribution in [0.5, 0.6) is 11.5 Å². The molecule has 0 spiro atoms. The van der Waals surface area contributed by atoms with Crippen LogP contribution in [0.25, 0.3) is 0 Å². The molecule has 0 heterocycles. The highest BCUT2D eigenvalue weighted by atomic mass is 35.5. The Morgan fingerprint density at radius 3 is 2.38 bits per heavy atom. The zero-order valence-electron chi connectivity index (χ0n) is 12.3. The molecule has 4 heteroatoms. The molecule has 0 bridgehead atoms. The van der Waals surface area contributed by atoms with Crippen molar-refractivity contribution in [2.24, 2.45) is 5.73 Å². The molecular formula is C17H20ClNOS. The van der Waals surface area contributed by atoms with Gasteiger partial charge in [0, 0.05) is 16.0 Å². The van der Waals surface area contributed by atoms with Crippen molar-refractivity contribution in [1.29, 1.82) is 0 Å². The average molecular weight is 322 g/mol. The molecule has 2 rings (SSSR count). The molecule has 2 aromatic rings. The van der Waals surface area contributed by atoms with Gasteiger partial charge in [-0.2, -0.15) is 0 Å². The summed E-state index contributed by atoms with van der Waals surface area (Å²) in [4.78, 5) is 1.21. The van der Waals surface area contributed by atoms with Gasteiger partial charge in [-0.05, 0) is 61.1 Å². The van der Waals surface area contributed by atoms with Crippen LogP contribution >= 0.6 is 23.4 Å². The Bertz CT molecular complexity index is 586. The molecule has 2 N–H and O–H groups in total. The lowest BCUT2D eigenvalue weighted by atomic mass is 10.0. The molecule has 2 aromatic carbocycles. The summed E-state index contributed by atoms with van der Waals surface area (Å²) in [5.41, 5.74) is 7.04. The van der Waals surface area contributed by atoms with Crippen molar-refractivity contribution in [3.8, 4) is 11.5 Å². The molecule has 0 radical (unpaired) electrons. The number of rotatable bonds is 6. The highest BCUT2D eigenvalue weighted by molar-refractivity contribution is 7.98. The summed E-state index contributed by atoms with van der Waals surface area (Å²) in [6.07, 6.45) is 3.78. The van der Waals surface area contributed by atoms with Gasteiger partial charge in [-0.3, -0.25) is 0 Å². The third-order valence-electron chi connectivity index (χ3n) is 3.33. The summed E-state index contributed by atoms with van der Waals surface area (Å²) in [5, 5.41) is 0.706. The molecule has 0 saturated carbocycles. The van der Waals surface area contributed by atoms with Gasteiger partial charge < -0.3 is 10.5 Å². The minimum Gasteiger partial charge on any atom is -0.457 e. The van der Waals surface area contributed by atoms with Gasteiger partial charge in [-0.15, -0.1) is 11.8 Å². The fraction of sp³-hybridized carbons (Fsp3) is 0.294. The van der Waals surface area contributed by atoms with Crippen LogP contribution in [0.3, 0.4) is 0 Å². The van der Waals surface area contributed by atoms with E-state index < -0.39 is 0 Å². The lowest BCUT2D eigenvalue weighted by Crippen LogP contribution is -2.21. The summed E-state index contributed by atoms with van der Waals surface area (Å²) < 4.78 is 5.82. The quantitative estimate of drug-likeness (QED) is 0.749. The van der Waals surface area contributed by atoms with Gasteiger partial charge in [0.15, 0.2) is 0 Å². The Labute approximate surface area is 135 Å². The van der Waals surface area contributed by atoms with Crippen LogP contribution in [0.2, 0.25) is 5.02 Å². The number of nitrogens with two attached hydrogens (primary N) is 1. The summed E-state index contributed by atoms with van der Waals surface area (Å²) in [6, 6.07) is 13.9. The van der Waals surface area contributed by atoms with Crippen molar-refractivity contribution >= 4 is 23.4 Å². The number of hydrogen-bond donors (Lipinski definition) is 1. The third-order valence-corrected chi connectivity index (χ3v) is 4.42. The number of ether oxygens (including phenoxy) is 1. The smallest absolute Gasteiger partial charge is 0.128 e. The molecule has 1 atom stereocenters. The van der Waals surface area contributed by atoms with Crippen molar-refractivity contribution in [1.82, 2.24) is 0 Å². The largest absolute Gasteiger partial charge is 0.457 e. The van der Waals surface area contributed by atoms with Crippen molar-refractivity contribution in [3.63, 3.8) is 0 Å². The van der Waals surface area contributed by atoms with Crippen molar-refractivity contribution < 1.29 is 4.74 Å². The monoisotopic (exact) mass is 321 g/mol. The zero-order valence-corrected chi connectivity index (χ0v) is 13.9. The van der Waals surface area contributed by atoms with E-state index in [9.17, 15) is 0 Å². The molecule has 0 aliphatic rings. The van der Waals surface area contributed by atoms with Gasteiger partial charge >= 0.3 is 0 Å². The normalized spacial score (nSPS) is 12.2. The van der Waals surface area contributed by atoms with E-state index in [1.54, 1.807) is 11.8 Å². The van der Waals surface area contributed by atoms with Crippen molar-refractivity contribution in [2.45, 2.75) is 30.7 Å². The van der Waals surface area contributed by atoms with E-state index >= 15 is 0 Å². The summed E-state index contributed by atoms with van der Waals surface area (Å²) in [5.74, 6) is 1.55. The Morgan fingerprint density at radius 2 is 1.81 bits per heavy atom. The van der Waals surface area contributed by atoms with Gasteiger partial charge in [-0.25, -0.2) is 0 Å². The third kappa shape index (κ3) is 4.67. The van der Waals surface area contributed by atoms with E-state index in [0.717, 1.165) is 29.9 Å². The predicted molar refractivity (Wildman–Crippen MR) is 91.7 cm³/mol. The topological polar surface area (TPSA) is 35.2 Å². The van der Waals surface area contributed by atoms with Crippen molar-refractivity contribution in [2.75, 3.05) is 6.26 Å². The number of thioether (sulfide) groups is 1. The lowest BCUT2D eigenvalue weighted by Gasteiger charge is -2.12. The Hall–Kier alpha value is -1.16. The first kappa shape index (κ1) is 16.2. The minimum absolute atomic E-state index is 0.147. The van der Waals surface area contributed by atoms with Gasteiger partial charge in [-0.1, -0.05) is 24.6 Å². The van der Waals surface area contributed by atoms with Crippen LogP contribution in [0.4, 0.5) is 0 Å². The second kappa shape index (κ2) is 7.74. The van der Waals surface area contributed by atoms with E-state index in [-0.39, 0.29) is 6.04 Å². The van der Waals surface area contributed by atoms with Crippen LogP contribution in [0.15, 0.2) is 47.4 Å². The molecule has 1 unspecified atom stereocenters. The molecule has 0 aliphatic heterocycles. The van der Waals surface area contributed by atoms with Gasteiger partial charge in [0.2, 0.25) is 0 Å². The number of halogens is 1. The second-order valence-corrected chi connectivity index (χ2v) is 6.19. The van der Waals surface area contributed by atoms with Crippen LogP contribution in [-0.4, -0.2) is 12.3 Å². The van der Waals surface area contributed by atoms with Crippen LogP contribution in [-0.2, 0) is 6.42 Å². The van der Waals surface area contributed by atoms with E-state index in [1.165, 1.54) is 4.90 Å². The molecule has 0 amide bonds. The Morgan fingerprint density at radius 1 is 1.14 bits per heavy atom.